The molecule has 0 aromatic rings. The van der Waals surface area contributed by atoms with Crippen molar-refractivity contribution >= 4 is 26.1 Å². The van der Waals surface area contributed by atoms with Crippen LogP contribution in [-0.2, 0) is 9.53 Å². The number of rotatable bonds is 4. The van der Waals surface area contributed by atoms with Gasteiger partial charge in [0.05, 0.1) is 0 Å². The van der Waals surface area contributed by atoms with E-state index in [1.165, 1.54) is 6.92 Å². The molecular formula is C11H16F6INO3. The van der Waals surface area contributed by atoms with Gasteiger partial charge in [0.25, 0.3) is 0 Å². The summed E-state index contributed by atoms with van der Waals surface area (Å²) < 4.78 is 84.0. The van der Waals surface area contributed by atoms with Gasteiger partial charge in [-0.1, -0.05) is 0 Å². The molecule has 2 atom stereocenters. The molecule has 4 nitrogen and oxygen atoms in total. The summed E-state index contributed by atoms with van der Waals surface area (Å²) in [6.45, 7) is 2.14. The Morgan fingerprint density at radius 2 is 1.55 bits per heavy atom. The van der Waals surface area contributed by atoms with Crippen LogP contribution < -0.4 is 3.53 Å². The topological polar surface area (TPSA) is 68.5 Å². The Morgan fingerprint density at radius 1 is 1.18 bits per heavy atom. The molecule has 1 fully saturated rings. The molecule has 0 radical (unpaired) electrons. The molecule has 0 amide bonds. The van der Waals surface area contributed by atoms with E-state index in [1.807, 2.05) is 4.93 Å². The number of nitrogens with one attached hydrogen (secondary N) is 1. The van der Waals surface area contributed by atoms with E-state index in [9.17, 15) is 36.2 Å². The summed E-state index contributed by atoms with van der Waals surface area (Å²) in [4.78, 5) is 13.7. The number of carbonyl (C=O) groups excluding carboxylic acids is 1. The molecule has 2 N–H and O–H groups in total. The maximum absolute atomic E-state index is 12.8. The van der Waals surface area contributed by atoms with Gasteiger partial charge in [0.1, 0.15) is 0 Å². The average Bonchev–Trinajstić information content (AvgIpc) is 3.00. The standard InChI is InChI=1S/C11H16F6INO3/c1-5(6-18(4)19-6)7(20)22-8(2,3)9(21,10(12,13)14)11(15,16)17/h5-6,19,21H,1-4H3. The molecule has 1 rings (SSSR count). The van der Waals surface area contributed by atoms with E-state index in [4.69, 9.17) is 0 Å². The van der Waals surface area contributed by atoms with Crippen LogP contribution in [-0.4, -0.2) is 43.6 Å². The van der Waals surface area contributed by atoms with Crippen molar-refractivity contribution in [2.45, 2.75) is 48.4 Å². The molecule has 1 heterocycles. The second-order valence-electron chi connectivity index (χ2n) is 5.45. The summed E-state index contributed by atoms with van der Waals surface area (Å²) in [5.74, 6) is -2.09. The first kappa shape index (κ1) is 19.7. The van der Waals surface area contributed by atoms with Crippen molar-refractivity contribution in [3.05, 3.63) is 0 Å². The monoisotopic (exact) mass is 451 g/mol. The van der Waals surface area contributed by atoms with Crippen molar-refractivity contribution in [1.82, 2.24) is 3.53 Å². The minimum absolute atomic E-state index is 0.225. The maximum atomic E-state index is 12.8. The number of halogens is 7. The number of esters is 1. The average molecular weight is 451 g/mol. The summed E-state index contributed by atoms with van der Waals surface area (Å²) in [5, 5.41) is 9.32. The van der Waals surface area contributed by atoms with Crippen LogP contribution in [0.1, 0.15) is 20.8 Å². The Bertz CT molecular complexity index is 436. The third kappa shape index (κ3) is 3.30. The number of alkyl halides is 8. The molecule has 1 aliphatic heterocycles. The fourth-order valence-electron chi connectivity index (χ4n) is 1.90. The first-order valence-corrected chi connectivity index (χ1v) is 10.5. The summed E-state index contributed by atoms with van der Waals surface area (Å²) in [6, 6.07) is 0. The van der Waals surface area contributed by atoms with E-state index in [1.54, 1.807) is 0 Å². The molecule has 11 heteroatoms. The van der Waals surface area contributed by atoms with Gasteiger partial charge in [0, 0.05) is 0 Å². The van der Waals surface area contributed by atoms with Gasteiger partial charge in [-0.3, -0.25) is 0 Å². The van der Waals surface area contributed by atoms with E-state index in [0.29, 0.717) is 13.8 Å². The van der Waals surface area contributed by atoms with Gasteiger partial charge in [-0.25, -0.2) is 0 Å². The molecule has 22 heavy (non-hydrogen) atoms. The van der Waals surface area contributed by atoms with Crippen LogP contribution in [0.3, 0.4) is 0 Å². The molecule has 1 aliphatic rings. The van der Waals surface area contributed by atoms with E-state index in [0.717, 1.165) is 0 Å². The van der Waals surface area contributed by atoms with Crippen molar-refractivity contribution in [2.24, 2.45) is 5.92 Å². The third-order valence-electron chi connectivity index (χ3n) is 3.44. The first-order valence-electron chi connectivity index (χ1n) is 5.99. The van der Waals surface area contributed by atoms with E-state index >= 15 is 0 Å². The molecule has 0 aromatic carbocycles. The van der Waals surface area contributed by atoms with Crippen LogP contribution in [0.15, 0.2) is 0 Å². The predicted octanol–water partition coefficient (Wildman–Crippen LogP) is 2.78. The van der Waals surface area contributed by atoms with Crippen molar-refractivity contribution < 1.29 is 41.0 Å². The Hall–Kier alpha value is -0.300. The fraction of sp³-hybridized carbons (Fsp3) is 0.909. The van der Waals surface area contributed by atoms with Gasteiger partial charge in [0.2, 0.25) is 0 Å². The Morgan fingerprint density at radius 3 is 1.82 bits per heavy atom. The summed E-state index contributed by atoms with van der Waals surface area (Å²) in [7, 11) is 0. The first-order chi connectivity index (χ1) is 9.56. The zero-order valence-corrected chi connectivity index (χ0v) is 14.2. The fourth-order valence-corrected chi connectivity index (χ4v) is 6.73. The molecular weight excluding hydrogens is 435 g/mol. The molecule has 2 unspecified atom stereocenters. The quantitative estimate of drug-likeness (QED) is 0.131. The van der Waals surface area contributed by atoms with Crippen molar-refractivity contribution in [2.75, 3.05) is 4.93 Å². The van der Waals surface area contributed by atoms with Gasteiger partial charge in [-0.15, -0.1) is 0 Å². The molecule has 1 saturated heterocycles. The Labute approximate surface area is 130 Å². The molecule has 0 spiro atoms. The molecule has 0 bridgehead atoms. The van der Waals surface area contributed by atoms with Crippen molar-refractivity contribution in [3.63, 3.8) is 0 Å². The predicted molar refractivity (Wildman–Crippen MR) is 73.3 cm³/mol. The minimum atomic E-state index is -6.06. The van der Waals surface area contributed by atoms with Crippen molar-refractivity contribution in [3.8, 4) is 0 Å². The molecule has 0 aliphatic carbocycles. The van der Waals surface area contributed by atoms with Crippen LogP contribution >= 0.6 is 20.1 Å². The van der Waals surface area contributed by atoms with Crippen LogP contribution in [0, 0.1) is 5.92 Å². The van der Waals surface area contributed by atoms with Gasteiger partial charge >= 0.3 is 130 Å². The van der Waals surface area contributed by atoms with Crippen LogP contribution in [0.25, 0.3) is 0 Å². The zero-order chi connectivity index (χ0) is 17.7. The van der Waals surface area contributed by atoms with E-state index < -0.39 is 55.5 Å². The van der Waals surface area contributed by atoms with Crippen molar-refractivity contribution in [1.29, 1.82) is 0 Å². The number of carbonyl (C=O) groups is 1. The second-order valence-corrected chi connectivity index (χ2v) is 10.4. The Balaban J connectivity index is 3.06. The number of aliphatic hydroxyl groups is 1. The van der Waals surface area contributed by atoms with Gasteiger partial charge < -0.3 is 0 Å². The van der Waals surface area contributed by atoms with E-state index in [-0.39, 0.29) is 4.05 Å². The van der Waals surface area contributed by atoms with Crippen LogP contribution in [0.4, 0.5) is 26.3 Å². The Kier molecular flexibility index (Phi) is 5.07. The van der Waals surface area contributed by atoms with Gasteiger partial charge in [-0.05, 0) is 0 Å². The number of hydrogen-bond acceptors (Lipinski definition) is 4. The molecule has 0 saturated carbocycles. The SMILES string of the molecule is CC(C(=O)OC(C)(C)C(O)(C(F)(F)F)C(F)(F)F)C1NI1C. The van der Waals surface area contributed by atoms with Crippen LogP contribution in [0.5, 0.6) is 0 Å². The second kappa shape index (κ2) is 5.65. The molecule has 132 valence electrons. The molecule has 0 aromatic heterocycles. The summed E-state index contributed by atoms with van der Waals surface area (Å²) >= 11 is -1.51. The summed E-state index contributed by atoms with van der Waals surface area (Å²) in [6.07, 6.45) is -12.1. The zero-order valence-electron chi connectivity index (χ0n) is 12.1. The van der Waals surface area contributed by atoms with Crippen LogP contribution in [0.2, 0.25) is 0 Å². The number of hydrogen-bond donors (Lipinski definition) is 2. The normalized spacial score (nSPS) is 23.2. The number of ether oxygens (including phenoxy) is 1. The van der Waals surface area contributed by atoms with Gasteiger partial charge in [0.15, 0.2) is 0 Å². The summed E-state index contributed by atoms with van der Waals surface area (Å²) in [5.41, 5.74) is -8.39. The van der Waals surface area contributed by atoms with E-state index in [2.05, 4.69) is 8.27 Å². The third-order valence-corrected chi connectivity index (χ3v) is 7.82. The van der Waals surface area contributed by atoms with Gasteiger partial charge in [-0.2, -0.15) is 0 Å².